The molecular weight excluding hydrogens is 865 g/mol. The van der Waals surface area contributed by atoms with Gasteiger partial charge in [0.1, 0.15) is 0 Å². The van der Waals surface area contributed by atoms with E-state index in [1.807, 2.05) is 0 Å². The van der Waals surface area contributed by atoms with Crippen LogP contribution in [0, 0.1) is 0 Å². The second-order valence-corrected chi connectivity index (χ2v) is 18.4. The smallest absolute Gasteiger partial charge is 0.238 e. The Kier molecular flexibility index (Phi) is 8.56. The van der Waals surface area contributed by atoms with Crippen molar-refractivity contribution in [3.05, 3.63) is 243 Å². The summed E-state index contributed by atoms with van der Waals surface area (Å²) < 4.78 is 7.09. The maximum absolute atomic E-state index is 5.38. The fourth-order valence-corrected chi connectivity index (χ4v) is 11.2. The van der Waals surface area contributed by atoms with Gasteiger partial charge in [-0.1, -0.05) is 176 Å². The minimum atomic E-state index is 0.558. The lowest BCUT2D eigenvalue weighted by atomic mass is 10.0. The number of hydrogen-bond acceptors (Lipinski definition) is 3. The molecule has 0 saturated heterocycles. The van der Waals surface area contributed by atoms with E-state index < -0.39 is 0 Å². The van der Waals surface area contributed by atoms with E-state index >= 15 is 0 Å². The van der Waals surface area contributed by atoms with E-state index in [9.17, 15) is 0 Å². The third kappa shape index (κ3) is 6.11. The van der Waals surface area contributed by atoms with Crippen LogP contribution in [0.3, 0.4) is 0 Å². The minimum Gasteiger partial charge on any atom is -0.309 e. The van der Waals surface area contributed by atoms with Crippen LogP contribution in [0.15, 0.2) is 243 Å². The highest BCUT2D eigenvalue weighted by Gasteiger charge is 2.23. The molecule has 6 heteroatoms. The van der Waals surface area contributed by atoms with Crippen molar-refractivity contribution in [3.63, 3.8) is 0 Å². The number of benzene rings is 11. The SMILES string of the molecule is c1ccc(-c2cccc(-n3c4ccccc4c4c5c6ccccc6n(-c6ccc7c8ccccc8n(-c8nc(-c9ccc%10ccccc%10c9)nc(-c9ccc%10ccccc%10c9)n8)c7c6)c5ccc43)c2)cc1. The summed E-state index contributed by atoms with van der Waals surface area (Å²) in [6.07, 6.45) is 0. The van der Waals surface area contributed by atoms with E-state index in [4.69, 9.17) is 15.0 Å². The Morgan fingerprint density at radius 3 is 1.32 bits per heavy atom. The first kappa shape index (κ1) is 39.4. The molecule has 0 fully saturated rings. The molecule has 0 atom stereocenters. The summed E-state index contributed by atoms with van der Waals surface area (Å²) in [4.78, 5) is 16.0. The van der Waals surface area contributed by atoms with Gasteiger partial charge in [0, 0.05) is 54.8 Å². The molecule has 71 heavy (non-hydrogen) atoms. The molecule has 11 aromatic carbocycles. The maximum atomic E-state index is 5.38. The van der Waals surface area contributed by atoms with Gasteiger partial charge in [-0.15, -0.1) is 0 Å². The summed E-state index contributed by atoms with van der Waals surface area (Å²) in [5.41, 5.74) is 13.1. The van der Waals surface area contributed by atoms with Crippen molar-refractivity contribution in [2.75, 3.05) is 0 Å². The standard InChI is InChI=1S/C65H40N6/c1-2-15-41(16-3-1)46-21-14-22-49(39-46)69-56-27-12-9-24-53(56)61-58(69)35-36-59-62(61)54-25-10-13-28-57(54)70(59)50-33-34-52-51-23-8-11-26-55(51)71(60(52)40-50)65-67-63(47-31-29-42-17-4-6-19-44(42)37-47)66-64(68-65)48-32-30-43-18-5-7-20-45(43)38-48/h1-40H. The number of para-hydroxylation sites is 3. The van der Waals surface area contributed by atoms with Crippen LogP contribution in [-0.2, 0) is 0 Å². The molecule has 0 aliphatic rings. The number of aromatic nitrogens is 6. The van der Waals surface area contributed by atoms with E-state index in [-0.39, 0.29) is 0 Å². The van der Waals surface area contributed by atoms with Crippen molar-refractivity contribution in [3.8, 4) is 51.2 Å². The molecule has 15 aromatic rings. The van der Waals surface area contributed by atoms with Crippen molar-refractivity contribution in [2.24, 2.45) is 0 Å². The van der Waals surface area contributed by atoms with E-state index in [0.29, 0.717) is 17.6 Å². The summed E-state index contributed by atoms with van der Waals surface area (Å²) in [7, 11) is 0. The summed E-state index contributed by atoms with van der Waals surface area (Å²) in [5.74, 6) is 1.79. The fraction of sp³-hybridized carbons (Fsp3) is 0. The maximum Gasteiger partial charge on any atom is 0.238 e. The lowest BCUT2D eigenvalue weighted by Gasteiger charge is -2.13. The van der Waals surface area contributed by atoms with Gasteiger partial charge in [0.05, 0.1) is 33.1 Å². The molecule has 0 N–H and O–H groups in total. The molecular formula is C65H40N6. The number of hydrogen-bond donors (Lipinski definition) is 0. The van der Waals surface area contributed by atoms with Crippen molar-refractivity contribution in [1.82, 2.24) is 28.7 Å². The van der Waals surface area contributed by atoms with E-state index in [1.165, 1.54) is 54.5 Å². The van der Waals surface area contributed by atoms with Crippen molar-refractivity contribution in [1.29, 1.82) is 0 Å². The van der Waals surface area contributed by atoms with Gasteiger partial charge in [0.2, 0.25) is 5.95 Å². The van der Waals surface area contributed by atoms with Crippen molar-refractivity contribution in [2.45, 2.75) is 0 Å². The quantitative estimate of drug-likeness (QED) is 0.167. The molecule has 0 spiro atoms. The largest absolute Gasteiger partial charge is 0.309 e. The van der Waals surface area contributed by atoms with Gasteiger partial charge >= 0.3 is 0 Å². The summed E-state index contributed by atoms with van der Waals surface area (Å²) in [5, 5.41) is 11.7. The van der Waals surface area contributed by atoms with Gasteiger partial charge in [0.15, 0.2) is 11.6 Å². The van der Waals surface area contributed by atoms with Crippen LogP contribution in [0.1, 0.15) is 0 Å². The average molecular weight is 905 g/mol. The normalized spacial score (nSPS) is 11.9. The van der Waals surface area contributed by atoms with Crippen molar-refractivity contribution >= 4 is 87.0 Å². The first-order chi connectivity index (χ1) is 35.2. The molecule has 0 aliphatic heterocycles. The second-order valence-electron chi connectivity index (χ2n) is 18.4. The zero-order chi connectivity index (χ0) is 46.6. The lowest BCUT2D eigenvalue weighted by Crippen LogP contribution is -2.06. The topological polar surface area (TPSA) is 53.5 Å². The first-order valence-corrected chi connectivity index (χ1v) is 24.1. The highest BCUT2D eigenvalue weighted by Crippen LogP contribution is 2.44. The molecule has 4 heterocycles. The lowest BCUT2D eigenvalue weighted by molar-refractivity contribution is 0.953. The Hall–Kier alpha value is -9.65. The van der Waals surface area contributed by atoms with Crippen LogP contribution < -0.4 is 0 Å². The molecule has 4 aromatic heterocycles. The molecule has 330 valence electrons. The molecule has 6 nitrogen and oxygen atoms in total. The van der Waals surface area contributed by atoms with Crippen LogP contribution in [0.4, 0.5) is 0 Å². The summed E-state index contributed by atoms with van der Waals surface area (Å²) in [6, 6.07) is 87.0. The second kappa shape index (κ2) is 15.4. The minimum absolute atomic E-state index is 0.558. The van der Waals surface area contributed by atoms with Gasteiger partial charge in [-0.3, -0.25) is 4.57 Å². The molecule has 0 bridgehead atoms. The Labute approximate surface area is 407 Å². The first-order valence-electron chi connectivity index (χ1n) is 24.1. The molecule has 15 rings (SSSR count). The van der Waals surface area contributed by atoms with E-state index in [1.54, 1.807) is 0 Å². The Morgan fingerprint density at radius 1 is 0.239 bits per heavy atom. The number of nitrogens with zero attached hydrogens (tertiary/aromatic N) is 6. The van der Waals surface area contributed by atoms with Crippen molar-refractivity contribution < 1.29 is 0 Å². The van der Waals surface area contributed by atoms with Crippen LogP contribution in [0.2, 0.25) is 0 Å². The molecule has 0 unspecified atom stereocenters. The number of fused-ring (bicyclic) bond motifs is 12. The van der Waals surface area contributed by atoms with Gasteiger partial charge in [-0.2, -0.15) is 9.97 Å². The van der Waals surface area contributed by atoms with Crippen LogP contribution >= 0.6 is 0 Å². The molecule has 0 amide bonds. The van der Waals surface area contributed by atoms with Gasteiger partial charge < -0.3 is 9.13 Å². The summed E-state index contributed by atoms with van der Waals surface area (Å²) in [6.45, 7) is 0. The van der Waals surface area contributed by atoms with Gasteiger partial charge in [-0.25, -0.2) is 4.98 Å². The Morgan fingerprint density at radius 2 is 0.718 bits per heavy atom. The van der Waals surface area contributed by atoms with Crippen LogP contribution in [0.5, 0.6) is 0 Å². The van der Waals surface area contributed by atoms with Gasteiger partial charge in [0.25, 0.3) is 0 Å². The van der Waals surface area contributed by atoms with Crippen LogP contribution in [-0.4, -0.2) is 28.7 Å². The van der Waals surface area contributed by atoms with E-state index in [2.05, 4.69) is 256 Å². The fourth-order valence-electron chi connectivity index (χ4n) is 11.2. The van der Waals surface area contributed by atoms with Gasteiger partial charge in [-0.05, 0) is 99.4 Å². The highest BCUT2D eigenvalue weighted by atomic mass is 15.2. The average Bonchev–Trinajstić information content (AvgIpc) is 4.08. The number of rotatable bonds is 6. The predicted octanol–water partition coefficient (Wildman–Crippen LogP) is 16.5. The molecule has 0 saturated carbocycles. The third-order valence-corrected chi connectivity index (χ3v) is 14.4. The Balaban J connectivity index is 0.972. The van der Waals surface area contributed by atoms with E-state index in [0.717, 1.165) is 66.1 Å². The zero-order valence-electron chi connectivity index (χ0n) is 38.3. The van der Waals surface area contributed by atoms with Crippen LogP contribution in [0.25, 0.3) is 138 Å². The zero-order valence-corrected chi connectivity index (χ0v) is 38.3. The predicted molar refractivity (Wildman–Crippen MR) is 294 cm³/mol. The summed E-state index contributed by atoms with van der Waals surface area (Å²) >= 11 is 0. The molecule has 0 aliphatic carbocycles. The monoisotopic (exact) mass is 904 g/mol. The molecule has 0 radical (unpaired) electrons. The Bertz CT molecular complexity index is 4550. The third-order valence-electron chi connectivity index (χ3n) is 14.4. The highest BCUT2D eigenvalue weighted by molar-refractivity contribution is 6.29.